The van der Waals surface area contributed by atoms with E-state index in [-0.39, 0.29) is 11.9 Å². The van der Waals surface area contributed by atoms with Crippen molar-refractivity contribution in [2.24, 2.45) is 0 Å². The zero-order valence-corrected chi connectivity index (χ0v) is 13.1. The molecule has 1 aromatic carbocycles. The van der Waals surface area contributed by atoms with Gasteiger partial charge in [-0.05, 0) is 48.0 Å². The minimum Gasteiger partial charge on any atom is -0.332 e. The van der Waals surface area contributed by atoms with Crippen molar-refractivity contribution in [3.8, 4) is 0 Å². The number of benzene rings is 1. The third-order valence-corrected chi connectivity index (χ3v) is 3.55. The van der Waals surface area contributed by atoms with Crippen molar-refractivity contribution in [3.63, 3.8) is 0 Å². The Morgan fingerprint density at radius 2 is 2.12 bits per heavy atom. The lowest BCUT2D eigenvalue weighted by molar-refractivity contribution is 0.0728. The van der Waals surface area contributed by atoms with Crippen LogP contribution in [0.25, 0.3) is 0 Å². The van der Waals surface area contributed by atoms with E-state index in [0.717, 1.165) is 8.95 Å². The smallest absolute Gasteiger partial charge is 0.255 e. The van der Waals surface area contributed by atoms with Gasteiger partial charge in [0.2, 0.25) is 0 Å². The molecule has 92 valence electrons. The second-order valence-electron chi connectivity index (χ2n) is 3.96. The summed E-state index contributed by atoms with van der Waals surface area (Å²) in [7, 11) is 0. The summed E-state index contributed by atoms with van der Waals surface area (Å²) in [6.07, 6.45) is 1.74. The number of hydrogen-bond donors (Lipinski definition) is 0. The molecule has 0 N–H and O–H groups in total. The van der Waals surface area contributed by atoms with Crippen LogP contribution in [-0.4, -0.2) is 23.4 Å². The summed E-state index contributed by atoms with van der Waals surface area (Å²) in [4.78, 5) is 14.2. The number of amides is 1. The minimum absolute atomic E-state index is 0.00748. The summed E-state index contributed by atoms with van der Waals surface area (Å²) in [6.45, 7) is 8.22. The maximum atomic E-state index is 12.4. The van der Waals surface area contributed by atoms with Crippen LogP contribution in [0.2, 0.25) is 0 Å². The summed E-state index contributed by atoms with van der Waals surface area (Å²) < 4.78 is 1.70. The molecule has 0 aromatic heterocycles. The van der Waals surface area contributed by atoms with Crippen molar-refractivity contribution in [2.75, 3.05) is 6.54 Å². The van der Waals surface area contributed by atoms with E-state index in [1.165, 1.54) is 0 Å². The fourth-order valence-electron chi connectivity index (χ4n) is 1.48. The van der Waals surface area contributed by atoms with Crippen LogP contribution in [0.5, 0.6) is 0 Å². The molecule has 0 heterocycles. The van der Waals surface area contributed by atoms with Crippen LogP contribution in [0, 0.1) is 0 Å². The first-order valence-electron chi connectivity index (χ1n) is 5.34. The SMILES string of the molecule is C=CCN(C(=O)c1cc(Br)ccc1Br)C(C)C. The fraction of sp³-hybridized carbons (Fsp3) is 0.308. The Morgan fingerprint density at radius 1 is 1.47 bits per heavy atom. The van der Waals surface area contributed by atoms with Crippen LogP contribution in [0.1, 0.15) is 24.2 Å². The topological polar surface area (TPSA) is 20.3 Å². The molecule has 1 aromatic rings. The standard InChI is InChI=1S/C13H15Br2NO/c1-4-7-16(9(2)3)13(17)11-8-10(14)5-6-12(11)15/h4-6,8-9H,1,7H2,2-3H3. The zero-order chi connectivity index (χ0) is 13.0. The third kappa shape index (κ3) is 3.68. The maximum Gasteiger partial charge on any atom is 0.255 e. The average Bonchev–Trinajstić information content (AvgIpc) is 2.28. The first-order valence-corrected chi connectivity index (χ1v) is 6.93. The average molecular weight is 361 g/mol. The molecule has 1 rings (SSSR count). The molecule has 0 spiro atoms. The molecule has 0 aliphatic heterocycles. The number of carbonyl (C=O) groups excluding carboxylic acids is 1. The molecule has 0 saturated heterocycles. The molecule has 0 aliphatic carbocycles. The van der Waals surface area contributed by atoms with E-state index in [1.807, 2.05) is 32.0 Å². The Hall–Kier alpha value is -0.610. The van der Waals surface area contributed by atoms with E-state index >= 15 is 0 Å². The lowest BCUT2D eigenvalue weighted by Crippen LogP contribution is -2.37. The Balaban J connectivity index is 3.08. The van der Waals surface area contributed by atoms with Crippen LogP contribution in [0.4, 0.5) is 0 Å². The quantitative estimate of drug-likeness (QED) is 0.735. The largest absolute Gasteiger partial charge is 0.332 e. The highest BCUT2D eigenvalue weighted by atomic mass is 79.9. The lowest BCUT2D eigenvalue weighted by Gasteiger charge is -2.26. The Labute approximate surface area is 119 Å². The fourth-order valence-corrected chi connectivity index (χ4v) is 2.26. The van der Waals surface area contributed by atoms with Crippen molar-refractivity contribution < 1.29 is 4.79 Å². The van der Waals surface area contributed by atoms with Gasteiger partial charge in [-0.2, -0.15) is 0 Å². The molecule has 0 aliphatic rings. The molecule has 0 saturated carbocycles. The van der Waals surface area contributed by atoms with Crippen molar-refractivity contribution in [1.82, 2.24) is 4.90 Å². The minimum atomic E-state index is 0.00748. The molecular formula is C13H15Br2NO. The van der Waals surface area contributed by atoms with Gasteiger partial charge in [-0.25, -0.2) is 0 Å². The van der Waals surface area contributed by atoms with Crippen LogP contribution < -0.4 is 0 Å². The lowest BCUT2D eigenvalue weighted by atomic mass is 10.1. The van der Waals surface area contributed by atoms with Crippen LogP contribution in [0.3, 0.4) is 0 Å². The number of nitrogens with zero attached hydrogens (tertiary/aromatic N) is 1. The number of halogens is 2. The summed E-state index contributed by atoms with van der Waals surface area (Å²) in [5.74, 6) is 0.00748. The summed E-state index contributed by atoms with van der Waals surface area (Å²) >= 11 is 6.78. The van der Waals surface area contributed by atoms with Gasteiger partial charge in [-0.1, -0.05) is 22.0 Å². The van der Waals surface area contributed by atoms with Gasteiger partial charge < -0.3 is 4.90 Å². The Morgan fingerprint density at radius 3 is 2.65 bits per heavy atom. The molecule has 0 bridgehead atoms. The highest BCUT2D eigenvalue weighted by molar-refractivity contribution is 9.11. The van der Waals surface area contributed by atoms with Crippen molar-refractivity contribution in [2.45, 2.75) is 19.9 Å². The van der Waals surface area contributed by atoms with Gasteiger partial charge >= 0.3 is 0 Å². The Bertz CT molecular complexity index is 429. The predicted octanol–water partition coefficient (Wildman–Crippen LogP) is 4.25. The van der Waals surface area contributed by atoms with Gasteiger partial charge in [0.05, 0.1) is 5.56 Å². The zero-order valence-electron chi connectivity index (χ0n) is 9.91. The Kier molecular flexibility index (Phi) is 5.40. The first kappa shape index (κ1) is 14.5. The first-order chi connectivity index (χ1) is 7.97. The van der Waals surface area contributed by atoms with E-state index in [2.05, 4.69) is 38.4 Å². The van der Waals surface area contributed by atoms with Gasteiger partial charge in [0.25, 0.3) is 5.91 Å². The molecule has 0 fully saturated rings. The summed E-state index contributed by atoms with van der Waals surface area (Å²) in [6, 6.07) is 5.73. The van der Waals surface area contributed by atoms with Gasteiger partial charge in [-0.15, -0.1) is 6.58 Å². The predicted molar refractivity (Wildman–Crippen MR) is 78.2 cm³/mol. The normalized spacial score (nSPS) is 10.4. The van der Waals surface area contributed by atoms with Crippen molar-refractivity contribution in [1.29, 1.82) is 0 Å². The molecule has 0 unspecified atom stereocenters. The summed E-state index contributed by atoms with van der Waals surface area (Å²) in [5.41, 5.74) is 0.662. The molecule has 2 nitrogen and oxygen atoms in total. The second-order valence-corrected chi connectivity index (χ2v) is 5.73. The van der Waals surface area contributed by atoms with Gasteiger partial charge in [0, 0.05) is 21.5 Å². The molecule has 0 radical (unpaired) electrons. The molecular weight excluding hydrogens is 346 g/mol. The second kappa shape index (κ2) is 6.36. The molecule has 1 amide bonds. The molecule has 4 heteroatoms. The highest BCUT2D eigenvalue weighted by Gasteiger charge is 2.19. The van der Waals surface area contributed by atoms with E-state index in [9.17, 15) is 4.79 Å². The van der Waals surface area contributed by atoms with E-state index < -0.39 is 0 Å². The van der Waals surface area contributed by atoms with Crippen LogP contribution in [-0.2, 0) is 0 Å². The number of hydrogen-bond acceptors (Lipinski definition) is 1. The van der Waals surface area contributed by atoms with Gasteiger partial charge in [0.1, 0.15) is 0 Å². The van der Waals surface area contributed by atoms with Crippen molar-refractivity contribution >= 4 is 37.8 Å². The monoisotopic (exact) mass is 359 g/mol. The number of carbonyl (C=O) groups is 1. The van der Waals surface area contributed by atoms with Crippen LogP contribution >= 0.6 is 31.9 Å². The maximum absolute atomic E-state index is 12.4. The van der Waals surface area contributed by atoms with E-state index in [1.54, 1.807) is 11.0 Å². The third-order valence-electron chi connectivity index (χ3n) is 2.37. The van der Waals surface area contributed by atoms with Crippen molar-refractivity contribution in [3.05, 3.63) is 45.4 Å². The van der Waals surface area contributed by atoms with Gasteiger partial charge in [-0.3, -0.25) is 4.79 Å². The summed E-state index contributed by atoms with van der Waals surface area (Å²) in [5, 5.41) is 0. The molecule has 17 heavy (non-hydrogen) atoms. The van der Waals surface area contributed by atoms with E-state index in [0.29, 0.717) is 12.1 Å². The highest BCUT2D eigenvalue weighted by Crippen LogP contribution is 2.23. The van der Waals surface area contributed by atoms with Crippen LogP contribution in [0.15, 0.2) is 39.8 Å². The van der Waals surface area contributed by atoms with Gasteiger partial charge in [0.15, 0.2) is 0 Å². The number of rotatable bonds is 4. The molecule has 0 atom stereocenters. The van der Waals surface area contributed by atoms with E-state index in [4.69, 9.17) is 0 Å².